The Balaban J connectivity index is 1.46. The topological polar surface area (TPSA) is 67.5 Å². The van der Waals surface area contributed by atoms with Gasteiger partial charge in [-0.25, -0.2) is 9.78 Å². The molecule has 3 heterocycles. The molecule has 2 saturated heterocycles. The normalized spacial score (nSPS) is 22.8. The quantitative estimate of drug-likeness (QED) is 0.913. The van der Waals surface area contributed by atoms with Crippen LogP contribution in [0.25, 0.3) is 0 Å². The van der Waals surface area contributed by atoms with E-state index in [2.05, 4.69) is 9.97 Å². The highest BCUT2D eigenvalue weighted by atomic mass is 19.4. The highest BCUT2D eigenvalue weighted by Crippen LogP contribution is 2.31. The fourth-order valence-electron chi connectivity index (χ4n) is 3.05. The molecule has 0 radical (unpaired) electrons. The van der Waals surface area contributed by atoms with Gasteiger partial charge in [-0.1, -0.05) is 0 Å². The number of imidazole rings is 1. The first-order valence-electron chi connectivity index (χ1n) is 8.09. The molecule has 0 aliphatic carbocycles. The lowest BCUT2D eigenvalue weighted by molar-refractivity contribution is -0.141. The number of hydrogen-bond donors (Lipinski definition) is 1. The summed E-state index contributed by atoms with van der Waals surface area (Å²) < 4.78 is 48.4. The third-order valence-corrected chi connectivity index (χ3v) is 4.46. The van der Waals surface area contributed by atoms with E-state index in [0.717, 1.165) is 19.0 Å². The van der Waals surface area contributed by atoms with E-state index < -0.39 is 11.9 Å². The van der Waals surface area contributed by atoms with E-state index in [-0.39, 0.29) is 24.7 Å². The highest BCUT2D eigenvalue weighted by Gasteiger charge is 2.34. The number of ether oxygens (including phenoxy) is 2. The van der Waals surface area contributed by atoms with Crippen molar-refractivity contribution in [3.8, 4) is 0 Å². The van der Waals surface area contributed by atoms with Gasteiger partial charge in [-0.3, -0.25) is 0 Å². The number of nitrogens with one attached hydrogen (secondary N) is 1. The van der Waals surface area contributed by atoms with Gasteiger partial charge in [0.1, 0.15) is 18.1 Å². The van der Waals surface area contributed by atoms with Crippen molar-refractivity contribution in [2.45, 2.75) is 43.9 Å². The molecule has 1 N–H and O–H groups in total. The third kappa shape index (κ3) is 4.00. The lowest BCUT2D eigenvalue weighted by Crippen LogP contribution is -2.39. The van der Waals surface area contributed by atoms with Gasteiger partial charge in [-0.2, -0.15) is 13.2 Å². The summed E-state index contributed by atoms with van der Waals surface area (Å²) in [6, 6.07) is 0. The van der Waals surface area contributed by atoms with Crippen LogP contribution in [0.3, 0.4) is 0 Å². The molecule has 1 unspecified atom stereocenters. The van der Waals surface area contributed by atoms with E-state index in [9.17, 15) is 18.0 Å². The first-order chi connectivity index (χ1) is 11.4. The number of H-pyrrole nitrogens is 1. The first kappa shape index (κ1) is 17.1. The molecule has 1 amide bonds. The minimum absolute atomic E-state index is 0.0182. The number of likely N-dealkylation sites (tertiary alicyclic amines) is 1. The summed E-state index contributed by atoms with van der Waals surface area (Å²) in [5, 5.41) is 0. The van der Waals surface area contributed by atoms with Gasteiger partial charge < -0.3 is 19.4 Å². The van der Waals surface area contributed by atoms with Crippen molar-refractivity contribution < 1.29 is 27.4 Å². The van der Waals surface area contributed by atoms with Gasteiger partial charge in [-0.15, -0.1) is 0 Å². The number of nitrogens with zero attached hydrogens (tertiary/aromatic N) is 2. The number of rotatable bonds is 3. The van der Waals surface area contributed by atoms with Crippen molar-refractivity contribution >= 4 is 6.09 Å². The number of hydrogen-bond acceptors (Lipinski definition) is 4. The van der Waals surface area contributed by atoms with Crippen molar-refractivity contribution in [3.63, 3.8) is 0 Å². The van der Waals surface area contributed by atoms with Gasteiger partial charge >= 0.3 is 12.3 Å². The van der Waals surface area contributed by atoms with Crippen LogP contribution in [0.2, 0.25) is 0 Å². The summed E-state index contributed by atoms with van der Waals surface area (Å²) in [5.74, 6) is 0.220. The number of piperidine rings is 1. The van der Waals surface area contributed by atoms with E-state index in [4.69, 9.17) is 9.47 Å². The Morgan fingerprint density at radius 2 is 2.12 bits per heavy atom. The molecule has 2 aliphatic rings. The summed E-state index contributed by atoms with van der Waals surface area (Å²) >= 11 is 0. The van der Waals surface area contributed by atoms with Gasteiger partial charge in [0.15, 0.2) is 0 Å². The van der Waals surface area contributed by atoms with E-state index in [1.54, 1.807) is 4.90 Å². The zero-order valence-corrected chi connectivity index (χ0v) is 13.1. The monoisotopic (exact) mass is 347 g/mol. The minimum atomic E-state index is -4.42. The Morgan fingerprint density at radius 1 is 1.38 bits per heavy atom. The average molecular weight is 347 g/mol. The maximum atomic E-state index is 12.6. The zero-order valence-electron chi connectivity index (χ0n) is 13.1. The van der Waals surface area contributed by atoms with Crippen molar-refractivity contribution in [2.24, 2.45) is 0 Å². The molecule has 3 rings (SSSR count). The van der Waals surface area contributed by atoms with Gasteiger partial charge in [0.25, 0.3) is 0 Å². The van der Waals surface area contributed by atoms with E-state index in [0.29, 0.717) is 38.4 Å². The second-order valence-corrected chi connectivity index (χ2v) is 6.15. The van der Waals surface area contributed by atoms with E-state index in [1.807, 2.05) is 0 Å². The average Bonchev–Trinajstić information content (AvgIpc) is 3.23. The maximum Gasteiger partial charge on any atom is 0.432 e. The van der Waals surface area contributed by atoms with Gasteiger partial charge in [0.2, 0.25) is 0 Å². The number of alkyl halides is 3. The Morgan fingerprint density at radius 3 is 2.71 bits per heavy atom. The number of aromatic nitrogens is 2. The van der Waals surface area contributed by atoms with E-state index >= 15 is 0 Å². The Bertz CT molecular complexity index is 562. The molecule has 9 heteroatoms. The molecule has 1 aromatic rings. The second-order valence-electron chi connectivity index (χ2n) is 6.15. The van der Waals surface area contributed by atoms with Gasteiger partial charge in [0, 0.05) is 25.6 Å². The third-order valence-electron chi connectivity index (χ3n) is 4.46. The predicted octanol–water partition coefficient (Wildman–Crippen LogP) is 2.92. The van der Waals surface area contributed by atoms with Crippen LogP contribution in [-0.2, 0) is 15.7 Å². The van der Waals surface area contributed by atoms with Gasteiger partial charge in [-0.05, 0) is 25.7 Å². The van der Waals surface area contributed by atoms with Crippen molar-refractivity contribution in [2.75, 3.05) is 26.3 Å². The molecule has 0 bridgehead atoms. The second kappa shape index (κ2) is 7.00. The number of carbonyl (C=O) groups excluding carboxylic acids is 1. The number of aromatic amines is 1. The van der Waals surface area contributed by atoms with Crippen LogP contribution < -0.4 is 0 Å². The maximum absolute atomic E-state index is 12.6. The molecule has 1 aromatic heterocycles. The largest absolute Gasteiger partial charge is 0.447 e. The van der Waals surface area contributed by atoms with Crippen LogP contribution >= 0.6 is 0 Å². The smallest absolute Gasteiger partial charge is 0.432 e. The molecule has 134 valence electrons. The van der Waals surface area contributed by atoms with Crippen LogP contribution in [0.4, 0.5) is 18.0 Å². The Kier molecular flexibility index (Phi) is 4.98. The molecule has 6 nitrogen and oxygen atoms in total. The molecule has 2 fully saturated rings. The first-order valence-corrected chi connectivity index (χ1v) is 8.09. The molecule has 24 heavy (non-hydrogen) atoms. The fraction of sp³-hybridized carbons (Fsp3) is 0.733. The standard InChI is InChI=1S/C15H20F3N3O3/c16-15(17,18)12-8-19-13(20-12)10-3-5-21(6-4-10)14(22)24-9-11-2-1-7-23-11/h8,10-11H,1-7,9H2,(H,19,20). The molecular formula is C15H20F3N3O3. The highest BCUT2D eigenvalue weighted by molar-refractivity contribution is 5.67. The molecule has 2 aliphatic heterocycles. The van der Waals surface area contributed by atoms with E-state index in [1.165, 1.54) is 0 Å². The molecule has 0 spiro atoms. The summed E-state index contributed by atoms with van der Waals surface area (Å²) in [5.41, 5.74) is -0.837. The van der Waals surface area contributed by atoms with Crippen LogP contribution in [0, 0.1) is 0 Å². The van der Waals surface area contributed by atoms with Crippen molar-refractivity contribution in [1.29, 1.82) is 0 Å². The lowest BCUT2D eigenvalue weighted by atomic mass is 9.96. The van der Waals surface area contributed by atoms with Gasteiger partial charge in [0.05, 0.1) is 12.3 Å². The van der Waals surface area contributed by atoms with Crippen LogP contribution in [0.5, 0.6) is 0 Å². The molecule has 1 atom stereocenters. The summed E-state index contributed by atoms with van der Waals surface area (Å²) in [4.78, 5) is 19.8. The summed E-state index contributed by atoms with van der Waals surface area (Å²) in [6.45, 7) is 1.84. The summed E-state index contributed by atoms with van der Waals surface area (Å²) in [6.07, 6.45) is -1.02. The molecular weight excluding hydrogens is 327 g/mol. The van der Waals surface area contributed by atoms with Crippen LogP contribution in [0.1, 0.15) is 43.1 Å². The number of carbonyl (C=O) groups is 1. The van der Waals surface area contributed by atoms with Crippen LogP contribution in [-0.4, -0.2) is 53.4 Å². The Hall–Kier alpha value is -1.77. The molecule has 0 aromatic carbocycles. The number of amides is 1. The Labute approximate surface area is 137 Å². The summed E-state index contributed by atoms with van der Waals surface area (Å²) in [7, 11) is 0. The fourth-order valence-corrected chi connectivity index (χ4v) is 3.05. The van der Waals surface area contributed by atoms with Crippen LogP contribution in [0.15, 0.2) is 6.20 Å². The van der Waals surface area contributed by atoms with Crippen molar-refractivity contribution in [3.05, 3.63) is 17.7 Å². The SMILES string of the molecule is O=C(OCC1CCCO1)N1CCC(c2ncc(C(F)(F)F)[nH]2)CC1. The minimum Gasteiger partial charge on any atom is -0.447 e. The molecule has 0 saturated carbocycles. The lowest BCUT2D eigenvalue weighted by Gasteiger charge is -2.30. The number of halogens is 3. The van der Waals surface area contributed by atoms with Crippen molar-refractivity contribution in [1.82, 2.24) is 14.9 Å². The predicted molar refractivity (Wildman–Crippen MR) is 77.5 cm³/mol. The zero-order chi connectivity index (χ0) is 17.2.